The van der Waals surface area contributed by atoms with Crippen LogP contribution in [0.4, 0.5) is 5.69 Å². The van der Waals surface area contributed by atoms with Crippen LogP contribution in [0.25, 0.3) is 5.69 Å². The summed E-state index contributed by atoms with van der Waals surface area (Å²) in [6.07, 6.45) is 3.25. The van der Waals surface area contributed by atoms with Crippen molar-refractivity contribution in [1.29, 1.82) is 0 Å². The van der Waals surface area contributed by atoms with Crippen molar-refractivity contribution in [1.82, 2.24) is 9.78 Å². The molecule has 0 radical (unpaired) electrons. The Bertz CT molecular complexity index is 481. The molecule has 4 nitrogen and oxygen atoms in total. The maximum atomic E-state index is 5.79. The first-order chi connectivity index (χ1) is 7.20. The van der Waals surface area contributed by atoms with Crippen LogP contribution in [0, 0.1) is 0 Å². The van der Waals surface area contributed by atoms with E-state index in [1.165, 1.54) is 0 Å². The lowest BCUT2D eigenvalue weighted by Crippen LogP contribution is -1.99. The van der Waals surface area contributed by atoms with E-state index in [4.69, 9.17) is 22.1 Å². The van der Waals surface area contributed by atoms with Crippen molar-refractivity contribution in [3.8, 4) is 11.4 Å². The van der Waals surface area contributed by atoms with Crippen LogP contribution >= 0.6 is 11.6 Å². The van der Waals surface area contributed by atoms with Gasteiger partial charge in [0.15, 0.2) is 0 Å². The first kappa shape index (κ1) is 9.86. The van der Waals surface area contributed by atoms with Crippen LogP contribution in [0.2, 0.25) is 5.02 Å². The van der Waals surface area contributed by atoms with Crippen LogP contribution in [-0.4, -0.2) is 16.9 Å². The number of anilines is 1. The number of hydrogen-bond acceptors (Lipinski definition) is 3. The predicted octanol–water partition coefficient (Wildman–Crippen LogP) is 2.12. The lowest BCUT2D eigenvalue weighted by atomic mass is 10.2. The fourth-order valence-electron chi connectivity index (χ4n) is 1.32. The molecule has 0 aliphatic heterocycles. The minimum Gasteiger partial charge on any atom is -0.494 e. The van der Waals surface area contributed by atoms with Crippen molar-refractivity contribution < 1.29 is 4.74 Å². The Morgan fingerprint density at radius 3 is 2.87 bits per heavy atom. The summed E-state index contributed by atoms with van der Waals surface area (Å²) in [5.74, 6) is 0.698. The monoisotopic (exact) mass is 223 g/mol. The molecule has 0 unspecified atom stereocenters. The molecule has 1 aromatic carbocycles. The molecule has 1 heterocycles. The van der Waals surface area contributed by atoms with Gasteiger partial charge in [-0.05, 0) is 18.2 Å². The van der Waals surface area contributed by atoms with Crippen LogP contribution in [0.5, 0.6) is 5.75 Å². The number of nitrogen functional groups attached to an aromatic ring is 1. The average Bonchev–Trinajstić information content (AvgIpc) is 2.65. The van der Waals surface area contributed by atoms with Gasteiger partial charge in [-0.25, -0.2) is 4.68 Å². The van der Waals surface area contributed by atoms with Crippen molar-refractivity contribution in [3.63, 3.8) is 0 Å². The van der Waals surface area contributed by atoms with Crippen LogP contribution in [-0.2, 0) is 0 Å². The molecule has 0 aliphatic rings. The van der Waals surface area contributed by atoms with E-state index in [0.717, 1.165) is 5.69 Å². The summed E-state index contributed by atoms with van der Waals surface area (Å²) in [6, 6.07) is 5.34. The van der Waals surface area contributed by atoms with E-state index in [2.05, 4.69) is 5.10 Å². The number of nitrogens with zero attached hydrogens (tertiary/aromatic N) is 2. The number of rotatable bonds is 2. The number of benzene rings is 1. The second-order valence-corrected chi connectivity index (χ2v) is 3.47. The van der Waals surface area contributed by atoms with Gasteiger partial charge in [0, 0.05) is 11.9 Å². The summed E-state index contributed by atoms with van der Waals surface area (Å²) < 4.78 is 6.83. The Labute approximate surface area is 92.2 Å². The zero-order chi connectivity index (χ0) is 10.8. The molecule has 0 bridgehead atoms. The Kier molecular flexibility index (Phi) is 2.51. The van der Waals surface area contributed by atoms with Gasteiger partial charge < -0.3 is 10.5 Å². The van der Waals surface area contributed by atoms with Crippen LogP contribution in [0.1, 0.15) is 0 Å². The van der Waals surface area contributed by atoms with Crippen LogP contribution < -0.4 is 10.5 Å². The van der Waals surface area contributed by atoms with Gasteiger partial charge in [-0.15, -0.1) is 0 Å². The van der Waals surface area contributed by atoms with Crippen LogP contribution in [0.3, 0.4) is 0 Å². The number of ether oxygens (including phenoxy) is 1. The standard InChI is InChI=1S/C10H10ClN3O/c1-15-10-3-2-8(12)4-9(10)14-6-7(11)5-13-14/h2-6H,12H2,1H3. The van der Waals surface area contributed by atoms with Crippen molar-refractivity contribution in [2.75, 3.05) is 12.8 Å². The van der Waals surface area contributed by atoms with Crippen LogP contribution in [0.15, 0.2) is 30.6 Å². The van der Waals surface area contributed by atoms with Gasteiger partial charge in [0.05, 0.1) is 18.3 Å². The topological polar surface area (TPSA) is 53.1 Å². The van der Waals surface area contributed by atoms with E-state index < -0.39 is 0 Å². The predicted molar refractivity (Wildman–Crippen MR) is 59.5 cm³/mol. The summed E-state index contributed by atoms with van der Waals surface area (Å²) in [5.41, 5.74) is 7.12. The molecule has 2 rings (SSSR count). The molecule has 1 aromatic heterocycles. The molecule has 0 atom stereocenters. The zero-order valence-corrected chi connectivity index (χ0v) is 8.90. The third kappa shape index (κ3) is 1.89. The number of halogens is 1. The molecule has 0 saturated heterocycles. The third-order valence-electron chi connectivity index (χ3n) is 2.00. The average molecular weight is 224 g/mol. The molecule has 2 N–H and O–H groups in total. The molecule has 5 heteroatoms. The minimum absolute atomic E-state index is 0.569. The maximum Gasteiger partial charge on any atom is 0.144 e. The third-order valence-corrected chi connectivity index (χ3v) is 2.20. The van der Waals surface area contributed by atoms with Gasteiger partial charge in [-0.1, -0.05) is 11.6 Å². The van der Waals surface area contributed by atoms with E-state index in [0.29, 0.717) is 16.5 Å². The van der Waals surface area contributed by atoms with E-state index in [9.17, 15) is 0 Å². The summed E-state index contributed by atoms with van der Waals surface area (Å²) in [5, 5.41) is 4.65. The lowest BCUT2D eigenvalue weighted by Gasteiger charge is -2.08. The summed E-state index contributed by atoms with van der Waals surface area (Å²) in [4.78, 5) is 0. The number of nitrogens with two attached hydrogens (primary N) is 1. The van der Waals surface area contributed by atoms with Crippen molar-refractivity contribution in [3.05, 3.63) is 35.6 Å². The first-order valence-electron chi connectivity index (χ1n) is 4.35. The highest BCUT2D eigenvalue weighted by molar-refractivity contribution is 6.30. The van der Waals surface area contributed by atoms with E-state index in [1.54, 1.807) is 42.4 Å². The highest BCUT2D eigenvalue weighted by Gasteiger charge is 2.06. The quantitative estimate of drug-likeness (QED) is 0.794. The minimum atomic E-state index is 0.569. The Balaban J connectivity index is 2.55. The largest absolute Gasteiger partial charge is 0.494 e. The van der Waals surface area contributed by atoms with Gasteiger partial charge in [0.2, 0.25) is 0 Å². The van der Waals surface area contributed by atoms with E-state index in [-0.39, 0.29) is 0 Å². The molecule has 0 aliphatic carbocycles. The Morgan fingerprint density at radius 2 is 2.27 bits per heavy atom. The van der Waals surface area contributed by atoms with E-state index in [1.807, 2.05) is 0 Å². The second-order valence-electron chi connectivity index (χ2n) is 3.03. The molecule has 15 heavy (non-hydrogen) atoms. The summed E-state index contributed by atoms with van der Waals surface area (Å²) in [6.45, 7) is 0. The zero-order valence-electron chi connectivity index (χ0n) is 8.14. The number of aromatic nitrogens is 2. The van der Waals surface area contributed by atoms with Gasteiger partial charge in [-0.3, -0.25) is 0 Å². The fraction of sp³-hybridized carbons (Fsp3) is 0.100. The molecule has 0 spiro atoms. The molecule has 0 amide bonds. The highest BCUT2D eigenvalue weighted by Crippen LogP contribution is 2.25. The van der Waals surface area contributed by atoms with Gasteiger partial charge >= 0.3 is 0 Å². The van der Waals surface area contributed by atoms with Crippen molar-refractivity contribution >= 4 is 17.3 Å². The Morgan fingerprint density at radius 1 is 1.47 bits per heavy atom. The SMILES string of the molecule is COc1ccc(N)cc1-n1cc(Cl)cn1. The highest BCUT2D eigenvalue weighted by atomic mass is 35.5. The van der Waals surface area contributed by atoms with Crippen molar-refractivity contribution in [2.45, 2.75) is 0 Å². The molecular weight excluding hydrogens is 214 g/mol. The number of methoxy groups -OCH3 is 1. The normalized spacial score (nSPS) is 10.3. The smallest absolute Gasteiger partial charge is 0.144 e. The van der Waals surface area contributed by atoms with E-state index >= 15 is 0 Å². The number of hydrogen-bond donors (Lipinski definition) is 1. The fourth-order valence-corrected chi connectivity index (χ4v) is 1.45. The molecular formula is C10H10ClN3O. The summed E-state index contributed by atoms with van der Waals surface area (Å²) in [7, 11) is 1.60. The molecule has 0 fully saturated rings. The van der Waals surface area contributed by atoms with Gasteiger partial charge in [-0.2, -0.15) is 5.10 Å². The van der Waals surface area contributed by atoms with Crippen molar-refractivity contribution in [2.24, 2.45) is 0 Å². The Hall–Kier alpha value is -1.68. The summed E-state index contributed by atoms with van der Waals surface area (Å²) >= 11 is 5.79. The molecule has 2 aromatic rings. The van der Waals surface area contributed by atoms with Gasteiger partial charge in [0.1, 0.15) is 11.4 Å². The second kappa shape index (κ2) is 3.82. The lowest BCUT2D eigenvalue weighted by molar-refractivity contribution is 0.412. The molecule has 78 valence electrons. The maximum absolute atomic E-state index is 5.79. The first-order valence-corrected chi connectivity index (χ1v) is 4.72. The van der Waals surface area contributed by atoms with Gasteiger partial charge in [0.25, 0.3) is 0 Å². The molecule has 0 saturated carbocycles.